The third kappa shape index (κ3) is 2.25. The first-order valence-electron chi connectivity index (χ1n) is 7.31. The highest BCUT2D eigenvalue weighted by molar-refractivity contribution is 6.15. The van der Waals surface area contributed by atoms with E-state index in [1.807, 2.05) is 54.6 Å². The molecule has 0 aliphatic heterocycles. The number of carbonyl (C=O) groups excluding carboxylic acids is 1. The minimum atomic E-state index is -0.114. The van der Waals surface area contributed by atoms with E-state index in [2.05, 4.69) is 9.97 Å². The van der Waals surface area contributed by atoms with Crippen molar-refractivity contribution in [1.82, 2.24) is 9.97 Å². The van der Waals surface area contributed by atoms with Crippen molar-refractivity contribution in [3.63, 3.8) is 0 Å². The van der Waals surface area contributed by atoms with E-state index in [1.165, 1.54) is 0 Å². The number of fused-ring (bicyclic) bond motifs is 2. The van der Waals surface area contributed by atoms with Gasteiger partial charge in [-0.1, -0.05) is 24.3 Å². The van der Waals surface area contributed by atoms with Crippen molar-refractivity contribution < 1.29 is 9.53 Å². The molecule has 0 atom stereocenters. The number of carbonyl (C=O) groups is 1. The van der Waals surface area contributed by atoms with Crippen LogP contribution in [0.1, 0.15) is 16.2 Å². The Labute approximate surface area is 132 Å². The van der Waals surface area contributed by atoms with Gasteiger partial charge in [-0.25, -0.2) is 0 Å². The van der Waals surface area contributed by atoms with E-state index >= 15 is 0 Å². The number of hydrogen-bond donors (Lipinski definition) is 1. The van der Waals surface area contributed by atoms with Crippen LogP contribution < -0.4 is 4.74 Å². The lowest BCUT2D eigenvalue weighted by Gasteiger charge is -2.03. The van der Waals surface area contributed by atoms with E-state index in [0.717, 1.165) is 27.4 Å². The summed E-state index contributed by atoms with van der Waals surface area (Å²) in [5.41, 5.74) is 1.88. The van der Waals surface area contributed by atoms with Gasteiger partial charge in [0.15, 0.2) is 0 Å². The Bertz CT molecular complexity index is 1030. The Morgan fingerprint density at radius 3 is 2.78 bits per heavy atom. The molecule has 1 N–H and O–H groups in total. The first kappa shape index (κ1) is 13.5. The molecular formula is C19H14N2O2. The Hall–Kier alpha value is -3.14. The average Bonchev–Trinajstić information content (AvgIpc) is 3.03. The highest BCUT2D eigenvalue weighted by Crippen LogP contribution is 2.24. The fourth-order valence-electron chi connectivity index (χ4n) is 2.79. The lowest BCUT2D eigenvalue weighted by atomic mass is 10.1. The fraction of sp³-hybridized carbons (Fsp3) is 0.0526. The molecule has 0 unspecified atom stereocenters. The SMILES string of the molecule is COc1ccc2[nH]c(C(=O)c3nccc4ccccc34)cc2c1. The van der Waals surface area contributed by atoms with Gasteiger partial charge in [-0.15, -0.1) is 0 Å². The zero-order valence-electron chi connectivity index (χ0n) is 12.5. The summed E-state index contributed by atoms with van der Waals surface area (Å²) in [5.74, 6) is 0.649. The molecule has 112 valence electrons. The molecule has 2 aromatic carbocycles. The van der Waals surface area contributed by atoms with Crippen LogP contribution in [-0.4, -0.2) is 22.9 Å². The van der Waals surface area contributed by atoms with Gasteiger partial charge in [-0.05, 0) is 35.7 Å². The zero-order chi connectivity index (χ0) is 15.8. The summed E-state index contributed by atoms with van der Waals surface area (Å²) in [6.45, 7) is 0. The molecule has 4 aromatic rings. The summed E-state index contributed by atoms with van der Waals surface area (Å²) >= 11 is 0. The Kier molecular flexibility index (Phi) is 3.08. The number of nitrogens with zero attached hydrogens (tertiary/aromatic N) is 1. The number of nitrogens with one attached hydrogen (secondary N) is 1. The van der Waals surface area contributed by atoms with Crippen molar-refractivity contribution in [3.8, 4) is 5.75 Å². The summed E-state index contributed by atoms with van der Waals surface area (Å²) in [6.07, 6.45) is 1.67. The molecule has 0 bridgehead atoms. The quantitative estimate of drug-likeness (QED) is 0.583. The van der Waals surface area contributed by atoms with Crippen molar-refractivity contribution >= 4 is 27.5 Å². The van der Waals surface area contributed by atoms with Gasteiger partial charge in [0.1, 0.15) is 11.4 Å². The number of hydrogen-bond acceptors (Lipinski definition) is 3. The van der Waals surface area contributed by atoms with E-state index in [0.29, 0.717) is 11.4 Å². The monoisotopic (exact) mass is 302 g/mol. The van der Waals surface area contributed by atoms with E-state index in [-0.39, 0.29) is 5.78 Å². The van der Waals surface area contributed by atoms with Crippen molar-refractivity contribution in [1.29, 1.82) is 0 Å². The largest absolute Gasteiger partial charge is 0.497 e. The molecule has 0 fully saturated rings. The van der Waals surface area contributed by atoms with Gasteiger partial charge in [0.2, 0.25) is 5.78 Å². The van der Waals surface area contributed by atoms with Crippen LogP contribution >= 0.6 is 0 Å². The molecule has 0 amide bonds. The second kappa shape index (κ2) is 5.25. The first-order valence-corrected chi connectivity index (χ1v) is 7.31. The van der Waals surface area contributed by atoms with Crippen LogP contribution in [0.25, 0.3) is 21.7 Å². The van der Waals surface area contributed by atoms with E-state index in [4.69, 9.17) is 4.74 Å². The second-order valence-corrected chi connectivity index (χ2v) is 5.35. The Morgan fingerprint density at radius 1 is 1.04 bits per heavy atom. The van der Waals surface area contributed by atoms with Gasteiger partial charge in [0.25, 0.3) is 0 Å². The minimum absolute atomic E-state index is 0.114. The van der Waals surface area contributed by atoms with Crippen molar-refractivity contribution in [2.24, 2.45) is 0 Å². The molecule has 0 radical (unpaired) electrons. The predicted molar refractivity (Wildman–Crippen MR) is 90.0 cm³/mol. The molecule has 2 aromatic heterocycles. The highest BCUT2D eigenvalue weighted by Gasteiger charge is 2.16. The lowest BCUT2D eigenvalue weighted by Crippen LogP contribution is -2.05. The molecule has 23 heavy (non-hydrogen) atoms. The number of H-pyrrole nitrogens is 1. The minimum Gasteiger partial charge on any atom is -0.497 e. The number of benzene rings is 2. The zero-order valence-corrected chi connectivity index (χ0v) is 12.5. The van der Waals surface area contributed by atoms with Crippen molar-refractivity contribution in [3.05, 3.63) is 72.2 Å². The Morgan fingerprint density at radius 2 is 1.91 bits per heavy atom. The third-order valence-electron chi connectivity index (χ3n) is 3.96. The maximum atomic E-state index is 12.9. The van der Waals surface area contributed by atoms with E-state index < -0.39 is 0 Å². The predicted octanol–water partition coefficient (Wildman–Crippen LogP) is 3.96. The molecule has 4 nitrogen and oxygen atoms in total. The number of ether oxygens (including phenoxy) is 1. The normalized spacial score (nSPS) is 11.0. The van der Waals surface area contributed by atoms with Crippen molar-refractivity contribution in [2.75, 3.05) is 7.11 Å². The molecule has 4 rings (SSSR count). The standard InChI is InChI=1S/C19H14N2O2/c1-23-14-6-7-16-13(10-14)11-17(21-16)19(22)18-15-5-3-2-4-12(15)8-9-20-18/h2-11,21H,1H3. The van der Waals surface area contributed by atoms with Gasteiger partial charge in [-0.2, -0.15) is 0 Å². The van der Waals surface area contributed by atoms with Gasteiger partial charge in [-0.3, -0.25) is 9.78 Å². The van der Waals surface area contributed by atoms with Gasteiger partial charge in [0.05, 0.1) is 12.8 Å². The second-order valence-electron chi connectivity index (χ2n) is 5.35. The van der Waals surface area contributed by atoms with E-state index in [9.17, 15) is 4.79 Å². The summed E-state index contributed by atoms with van der Waals surface area (Å²) in [7, 11) is 1.62. The summed E-state index contributed by atoms with van der Waals surface area (Å²) < 4.78 is 5.22. The highest BCUT2D eigenvalue weighted by atomic mass is 16.5. The molecule has 0 aliphatic carbocycles. The lowest BCUT2D eigenvalue weighted by molar-refractivity contribution is 0.103. The van der Waals surface area contributed by atoms with Gasteiger partial charge in [0, 0.05) is 22.5 Å². The molecule has 0 spiro atoms. The van der Waals surface area contributed by atoms with Gasteiger partial charge < -0.3 is 9.72 Å². The number of pyridine rings is 1. The van der Waals surface area contributed by atoms with Crippen LogP contribution in [0.2, 0.25) is 0 Å². The van der Waals surface area contributed by atoms with Crippen LogP contribution in [0.5, 0.6) is 5.75 Å². The first-order chi connectivity index (χ1) is 11.3. The molecule has 2 heterocycles. The maximum Gasteiger partial charge on any atom is 0.228 e. The summed E-state index contributed by atoms with van der Waals surface area (Å²) in [6, 6.07) is 17.2. The Balaban J connectivity index is 1.84. The fourth-order valence-corrected chi connectivity index (χ4v) is 2.79. The number of aromatic amines is 1. The smallest absolute Gasteiger partial charge is 0.228 e. The van der Waals surface area contributed by atoms with Gasteiger partial charge >= 0.3 is 0 Å². The number of ketones is 1. The maximum absolute atomic E-state index is 12.9. The third-order valence-corrected chi connectivity index (χ3v) is 3.96. The topological polar surface area (TPSA) is 55.0 Å². The molecule has 0 aliphatic rings. The number of rotatable bonds is 3. The molecular weight excluding hydrogens is 288 g/mol. The summed E-state index contributed by atoms with van der Waals surface area (Å²) in [5, 5.41) is 2.80. The van der Waals surface area contributed by atoms with Crippen LogP contribution in [0.3, 0.4) is 0 Å². The van der Waals surface area contributed by atoms with Crippen LogP contribution in [0.15, 0.2) is 60.8 Å². The number of aromatic nitrogens is 2. The van der Waals surface area contributed by atoms with Crippen molar-refractivity contribution in [2.45, 2.75) is 0 Å². The van der Waals surface area contributed by atoms with E-state index in [1.54, 1.807) is 13.3 Å². The van der Waals surface area contributed by atoms with Crippen LogP contribution in [0, 0.1) is 0 Å². The average molecular weight is 302 g/mol. The molecule has 0 saturated carbocycles. The summed E-state index contributed by atoms with van der Waals surface area (Å²) in [4.78, 5) is 20.3. The molecule has 4 heteroatoms. The van der Waals surface area contributed by atoms with Crippen LogP contribution in [0.4, 0.5) is 0 Å². The molecule has 0 saturated heterocycles. The number of methoxy groups -OCH3 is 1. The van der Waals surface area contributed by atoms with Crippen LogP contribution in [-0.2, 0) is 0 Å².